The van der Waals surface area contributed by atoms with Gasteiger partial charge >= 0.3 is 0 Å². The van der Waals surface area contributed by atoms with Crippen LogP contribution in [0, 0.1) is 5.82 Å². The van der Waals surface area contributed by atoms with Crippen LogP contribution in [0.2, 0.25) is 5.04 Å². The van der Waals surface area contributed by atoms with Gasteiger partial charge in [-0.2, -0.15) is 0 Å². The first kappa shape index (κ1) is 20.3. The second kappa shape index (κ2) is 7.71. The molecule has 0 fully saturated rings. The molecule has 1 unspecified atom stereocenters. The molecule has 1 aliphatic heterocycles. The van der Waals surface area contributed by atoms with Gasteiger partial charge in [-0.3, -0.25) is 0 Å². The van der Waals surface area contributed by atoms with Crippen molar-refractivity contribution in [1.82, 2.24) is 0 Å². The van der Waals surface area contributed by atoms with Crippen LogP contribution in [0.25, 0.3) is 0 Å². The Morgan fingerprint density at radius 1 is 0.966 bits per heavy atom. The van der Waals surface area contributed by atoms with Gasteiger partial charge in [-0.1, -0.05) is 81.4 Å². The zero-order valence-corrected chi connectivity index (χ0v) is 19.5. The molecular formula is C24H25BrFNOSi. The second-order valence-electron chi connectivity index (χ2n) is 8.54. The van der Waals surface area contributed by atoms with Crippen molar-refractivity contribution in [3.8, 4) is 0 Å². The Morgan fingerprint density at radius 3 is 2.03 bits per heavy atom. The number of fused-ring (bicyclic) bond motifs is 1. The van der Waals surface area contributed by atoms with Crippen LogP contribution >= 0.6 is 15.9 Å². The van der Waals surface area contributed by atoms with Crippen LogP contribution in [0.3, 0.4) is 0 Å². The maximum atomic E-state index is 14.0. The number of rotatable bonds is 4. The predicted octanol–water partition coefficient (Wildman–Crippen LogP) is 5.46. The lowest BCUT2D eigenvalue weighted by atomic mass is 10.1. The van der Waals surface area contributed by atoms with Gasteiger partial charge in [0.2, 0.25) is 0 Å². The monoisotopic (exact) mass is 469 g/mol. The van der Waals surface area contributed by atoms with E-state index in [1.54, 1.807) is 6.07 Å². The zero-order chi connectivity index (χ0) is 20.6. The molecule has 2 nitrogen and oxygen atoms in total. The number of nitrogens with one attached hydrogen (secondary N) is 1. The molecule has 1 heterocycles. The first-order chi connectivity index (χ1) is 13.8. The molecule has 1 N–H and O–H groups in total. The Morgan fingerprint density at radius 2 is 1.52 bits per heavy atom. The van der Waals surface area contributed by atoms with Crippen molar-refractivity contribution < 1.29 is 8.82 Å². The second-order valence-corrected chi connectivity index (χ2v) is 13.6. The van der Waals surface area contributed by atoms with Gasteiger partial charge in [-0.15, -0.1) is 0 Å². The molecule has 0 amide bonds. The van der Waals surface area contributed by atoms with E-state index in [2.05, 4.69) is 90.5 Å². The third-order valence-electron chi connectivity index (χ3n) is 5.60. The first-order valence-electron chi connectivity index (χ1n) is 9.84. The number of hydrogen-bond acceptors (Lipinski definition) is 2. The summed E-state index contributed by atoms with van der Waals surface area (Å²) in [4.78, 5) is 0. The Balaban J connectivity index is 1.80. The average molecular weight is 470 g/mol. The van der Waals surface area contributed by atoms with Gasteiger partial charge in [0.25, 0.3) is 8.32 Å². The van der Waals surface area contributed by atoms with Gasteiger partial charge in [0.15, 0.2) is 0 Å². The zero-order valence-electron chi connectivity index (χ0n) is 16.9. The molecule has 0 saturated heterocycles. The Bertz CT molecular complexity index is 934. The van der Waals surface area contributed by atoms with Crippen LogP contribution in [-0.4, -0.2) is 14.5 Å². The molecule has 0 bridgehead atoms. The average Bonchev–Trinajstić information content (AvgIpc) is 3.08. The Labute approximate surface area is 181 Å². The molecule has 0 radical (unpaired) electrons. The molecule has 0 saturated carbocycles. The molecule has 1 aliphatic rings. The van der Waals surface area contributed by atoms with Crippen LogP contribution in [0.15, 0.2) is 77.3 Å². The molecule has 5 heteroatoms. The lowest BCUT2D eigenvalue weighted by molar-refractivity contribution is 0.222. The van der Waals surface area contributed by atoms with Gasteiger partial charge in [-0.25, -0.2) is 4.39 Å². The standard InChI is InChI=1S/C24H25BrFNOSi/c1-24(2,3)29(18-10-6-4-7-11-18,19-12-8-5-9-13-19)28-23-15-17-14-20(25)21(26)16-22(17)27-23/h4-14,16,23,27H,15H2,1-3H3. The predicted molar refractivity (Wildman–Crippen MR) is 124 cm³/mol. The molecule has 150 valence electrons. The topological polar surface area (TPSA) is 21.3 Å². The molecule has 1 atom stereocenters. The summed E-state index contributed by atoms with van der Waals surface area (Å²) in [6.45, 7) is 6.78. The lowest BCUT2D eigenvalue weighted by Gasteiger charge is -2.44. The lowest BCUT2D eigenvalue weighted by Crippen LogP contribution is -2.68. The van der Waals surface area contributed by atoms with Gasteiger partial charge in [0, 0.05) is 12.1 Å². The summed E-state index contributed by atoms with van der Waals surface area (Å²) in [5.41, 5.74) is 1.88. The third-order valence-corrected chi connectivity index (χ3v) is 11.3. The first-order valence-corrected chi connectivity index (χ1v) is 12.5. The fourth-order valence-corrected chi connectivity index (χ4v) is 9.27. The summed E-state index contributed by atoms with van der Waals surface area (Å²) in [5, 5.41) is 5.80. The fourth-order valence-electron chi connectivity index (χ4n) is 4.29. The molecule has 0 spiro atoms. The number of halogens is 2. The highest BCUT2D eigenvalue weighted by Crippen LogP contribution is 2.40. The number of benzene rings is 3. The van der Waals surface area contributed by atoms with Crippen LogP contribution < -0.4 is 15.7 Å². The van der Waals surface area contributed by atoms with Gasteiger partial charge in [-0.05, 0) is 49.0 Å². The van der Waals surface area contributed by atoms with Crippen molar-refractivity contribution in [3.05, 3.63) is 88.6 Å². The van der Waals surface area contributed by atoms with E-state index in [0.717, 1.165) is 11.3 Å². The summed E-state index contributed by atoms with van der Waals surface area (Å²) in [5.74, 6) is -0.262. The summed E-state index contributed by atoms with van der Waals surface area (Å²) in [6, 6.07) is 24.5. The van der Waals surface area contributed by atoms with E-state index in [9.17, 15) is 4.39 Å². The Kier molecular flexibility index (Phi) is 5.40. The molecule has 0 aliphatic carbocycles. The maximum absolute atomic E-state index is 14.0. The van der Waals surface area contributed by atoms with Crippen LogP contribution in [-0.2, 0) is 10.8 Å². The van der Waals surface area contributed by atoms with Crippen LogP contribution in [0.5, 0.6) is 0 Å². The summed E-state index contributed by atoms with van der Waals surface area (Å²) in [6.07, 6.45) is 0.503. The van der Waals surface area contributed by atoms with E-state index in [-0.39, 0.29) is 17.1 Å². The van der Waals surface area contributed by atoms with E-state index in [1.165, 1.54) is 10.4 Å². The van der Waals surface area contributed by atoms with Gasteiger partial charge in [0.05, 0.1) is 4.47 Å². The van der Waals surface area contributed by atoms with Gasteiger partial charge in [0.1, 0.15) is 12.0 Å². The molecule has 4 rings (SSSR count). The van der Waals surface area contributed by atoms with E-state index in [4.69, 9.17) is 4.43 Å². The highest BCUT2D eigenvalue weighted by molar-refractivity contribution is 9.10. The van der Waals surface area contributed by atoms with E-state index < -0.39 is 8.32 Å². The summed E-state index contributed by atoms with van der Waals surface area (Å²) in [7, 11) is -2.65. The molecule has 3 aromatic rings. The van der Waals surface area contributed by atoms with Crippen molar-refractivity contribution >= 4 is 40.3 Å². The SMILES string of the molecule is CC(C)(C)[Si](OC1Cc2cc(Br)c(F)cc2N1)(c1ccccc1)c1ccccc1. The largest absolute Gasteiger partial charge is 0.387 e. The van der Waals surface area contributed by atoms with E-state index in [1.807, 2.05) is 18.2 Å². The highest BCUT2D eigenvalue weighted by atomic mass is 79.9. The number of hydrogen-bond donors (Lipinski definition) is 1. The smallest absolute Gasteiger partial charge is 0.263 e. The van der Waals surface area contributed by atoms with Gasteiger partial charge < -0.3 is 9.74 Å². The Hall–Kier alpha value is -1.95. The normalized spacial score (nSPS) is 16.4. The minimum absolute atomic E-state index is 0.0992. The van der Waals surface area contributed by atoms with Crippen molar-refractivity contribution in [2.45, 2.75) is 38.5 Å². The molecular weight excluding hydrogens is 445 g/mol. The fraction of sp³-hybridized carbons (Fsp3) is 0.250. The molecule has 0 aromatic heterocycles. The van der Waals surface area contributed by atoms with Crippen molar-refractivity contribution in [3.63, 3.8) is 0 Å². The maximum Gasteiger partial charge on any atom is 0.263 e. The third kappa shape index (κ3) is 3.67. The minimum atomic E-state index is -2.65. The molecule has 3 aromatic carbocycles. The van der Waals surface area contributed by atoms with Crippen LogP contribution in [0.1, 0.15) is 26.3 Å². The minimum Gasteiger partial charge on any atom is -0.387 e. The summed E-state index contributed by atoms with van der Waals surface area (Å²) < 4.78 is 21.6. The quantitative estimate of drug-likeness (QED) is 0.512. The van der Waals surface area contributed by atoms with E-state index in [0.29, 0.717) is 10.9 Å². The summed E-state index contributed by atoms with van der Waals surface area (Å²) >= 11 is 3.30. The van der Waals surface area contributed by atoms with Crippen molar-refractivity contribution in [1.29, 1.82) is 0 Å². The van der Waals surface area contributed by atoms with E-state index >= 15 is 0 Å². The molecule has 29 heavy (non-hydrogen) atoms. The number of anilines is 1. The van der Waals surface area contributed by atoms with Crippen molar-refractivity contribution in [2.24, 2.45) is 0 Å². The van der Waals surface area contributed by atoms with Crippen molar-refractivity contribution in [2.75, 3.05) is 5.32 Å². The van der Waals surface area contributed by atoms with Crippen LogP contribution in [0.4, 0.5) is 10.1 Å². The highest BCUT2D eigenvalue weighted by Gasteiger charge is 2.52.